The lowest BCUT2D eigenvalue weighted by molar-refractivity contribution is -0.136. The number of imidazole rings is 1. The summed E-state index contributed by atoms with van der Waals surface area (Å²) in [5, 5.41) is 8.91. The van der Waals surface area contributed by atoms with E-state index < -0.39 is 5.97 Å². The highest BCUT2D eigenvalue weighted by atomic mass is 79.9. The summed E-state index contributed by atoms with van der Waals surface area (Å²) in [5.74, 6) is 0.637. The van der Waals surface area contributed by atoms with Gasteiger partial charge in [0.1, 0.15) is 16.2 Å². The molecule has 6 heteroatoms. The van der Waals surface area contributed by atoms with Gasteiger partial charge in [-0.15, -0.1) is 0 Å². The first-order valence-corrected chi connectivity index (χ1v) is 6.98. The Kier molecular flexibility index (Phi) is 4.44. The molecule has 1 heterocycles. The van der Waals surface area contributed by atoms with E-state index in [0.29, 0.717) is 16.9 Å². The molecule has 0 saturated carbocycles. The van der Waals surface area contributed by atoms with Crippen molar-refractivity contribution >= 4 is 21.9 Å². The molecule has 106 valence electrons. The average Bonchev–Trinajstić information content (AvgIpc) is 2.68. The molecule has 0 saturated heterocycles. The van der Waals surface area contributed by atoms with Crippen LogP contribution in [0.1, 0.15) is 12.6 Å². The van der Waals surface area contributed by atoms with E-state index in [0.717, 1.165) is 17.1 Å². The Balaban J connectivity index is 2.35. The molecule has 0 spiro atoms. The smallest absolute Gasteiger partial charge is 0.309 e. The summed E-state index contributed by atoms with van der Waals surface area (Å²) in [6.07, 6.45) is -0.0683. The third-order valence-electron chi connectivity index (χ3n) is 2.91. The van der Waals surface area contributed by atoms with E-state index in [1.165, 1.54) is 0 Å². The number of aliphatic carboxylic acids is 1. The largest absolute Gasteiger partial charge is 0.494 e. The molecule has 0 aliphatic rings. The minimum absolute atomic E-state index is 0.0683. The van der Waals surface area contributed by atoms with Crippen molar-refractivity contribution in [3.63, 3.8) is 0 Å². The number of carboxylic acids is 1. The van der Waals surface area contributed by atoms with Crippen molar-refractivity contribution in [2.45, 2.75) is 13.3 Å². The fraction of sp³-hybridized carbons (Fsp3) is 0.286. The number of carbonyl (C=O) groups is 1. The molecule has 0 radical (unpaired) electrons. The zero-order valence-corrected chi connectivity index (χ0v) is 12.8. The lowest BCUT2D eigenvalue weighted by Gasteiger charge is -2.06. The first-order valence-electron chi connectivity index (χ1n) is 6.19. The van der Waals surface area contributed by atoms with Gasteiger partial charge in [0.15, 0.2) is 0 Å². The zero-order valence-electron chi connectivity index (χ0n) is 11.3. The SMILES string of the molecule is CCOc1ccc(-c2nc(Br)c(CC(=O)O)n2C)cc1. The summed E-state index contributed by atoms with van der Waals surface area (Å²) in [6, 6.07) is 7.56. The van der Waals surface area contributed by atoms with Crippen LogP contribution >= 0.6 is 15.9 Å². The van der Waals surface area contributed by atoms with Crippen LogP contribution in [-0.4, -0.2) is 27.2 Å². The fourth-order valence-electron chi connectivity index (χ4n) is 1.96. The summed E-state index contributed by atoms with van der Waals surface area (Å²) in [5.41, 5.74) is 1.55. The molecule has 5 nitrogen and oxygen atoms in total. The maximum absolute atomic E-state index is 10.9. The fourth-order valence-corrected chi connectivity index (χ4v) is 2.53. The van der Waals surface area contributed by atoms with E-state index in [1.807, 2.05) is 38.2 Å². The molecule has 0 fully saturated rings. The number of carboxylic acid groups (broad SMARTS) is 1. The van der Waals surface area contributed by atoms with Gasteiger partial charge < -0.3 is 14.4 Å². The maximum atomic E-state index is 10.9. The van der Waals surface area contributed by atoms with E-state index in [9.17, 15) is 4.79 Å². The van der Waals surface area contributed by atoms with Crippen molar-refractivity contribution in [3.8, 4) is 17.1 Å². The quantitative estimate of drug-likeness (QED) is 0.910. The highest BCUT2D eigenvalue weighted by molar-refractivity contribution is 9.10. The van der Waals surface area contributed by atoms with Gasteiger partial charge in [0, 0.05) is 12.6 Å². The van der Waals surface area contributed by atoms with E-state index in [-0.39, 0.29) is 6.42 Å². The van der Waals surface area contributed by atoms with Gasteiger partial charge in [0.25, 0.3) is 0 Å². The van der Waals surface area contributed by atoms with Crippen molar-refractivity contribution in [3.05, 3.63) is 34.6 Å². The Labute approximate surface area is 125 Å². The molecule has 0 bridgehead atoms. The molecule has 1 aromatic carbocycles. The standard InChI is InChI=1S/C14H15BrN2O3/c1-3-20-10-6-4-9(5-7-10)14-16-13(15)11(17(14)2)8-12(18)19/h4-7H,3,8H2,1-2H3,(H,18,19). The second-order valence-corrected chi connectivity index (χ2v) is 5.01. The third-order valence-corrected chi connectivity index (χ3v) is 3.54. The van der Waals surface area contributed by atoms with Crippen molar-refractivity contribution in [2.24, 2.45) is 7.05 Å². The molecule has 0 atom stereocenters. The number of aromatic nitrogens is 2. The summed E-state index contributed by atoms with van der Waals surface area (Å²) in [6.45, 7) is 2.55. The van der Waals surface area contributed by atoms with Crippen LogP contribution in [0.3, 0.4) is 0 Å². The Hall–Kier alpha value is -1.82. The topological polar surface area (TPSA) is 64.3 Å². The minimum Gasteiger partial charge on any atom is -0.494 e. The summed E-state index contributed by atoms with van der Waals surface area (Å²) < 4.78 is 7.74. The molecular formula is C14H15BrN2O3. The Morgan fingerprint density at radius 1 is 1.40 bits per heavy atom. The van der Waals surface area contributed by atoms with Crippen molar-refractivity contribution in [1.82, 2.24) is 9.55 Å². The number of hydrogen-bond acceptors (Lipinski definition) is 3. The molecule has 0 aliphatic carbocycles. The first-order chi connectivity index (χ1) is 9.52. The van der Waals surface area contributed by atoms with Crippen molar-refractivity contribution in [2.75, 3.05) is 6.61 Å². The van der Waals surface area contributed by atoms with Gasteiger partial charge in [-0.25, -0.2) is 4.98 Å². The molecule has 1 N–H and O–H groups in total. The van der Waals surface area contributed by atoms with E-state index in [2.05, 4.69) is 20.9 Å². The molecule has 2 rings (SSSR count). The number of nitrogens with zero attached hydrogens (tertiary/aromatic N) is 2. The number of benzene rings is 1. The third kappa shape index (κ3) is 3.01. The first kappa shape index (κ1) is 14.6. The second kappa shape index (κ2) is 6.09. The van der Waals surface area contributed by atoms with Gasteiger partial charge in [-0.2, -0.15) is 0 Å². The van der Waals surface area contributed by atoms with Crippen LogP contribution < -0.4 is 4.74 Å². The van der Waals surface area contributed by atoms with Crippen LogP contribution in [0.5, 0.6) is 5.75 Å². The van der Waals surface area contributed by atoms with Crippen LogP contribution in [0.2, 0.25) is 0 Å². The second-order valence-electron chi connectivity index (χ2n) is 4.26. The van der Waals surface area contributed by atoms with Crippen LogP contribution in [0.15, 0.2) is 28.9 Å². The van der Waals surface area contributed by atoms with Gasteiger partial charge in [-0.05, 0) is 47.1 Å². The predicted octanol–water partition coefficient (Wildman–Crippen LogP) is 2.88. The predicted molar refractivity (Wildman–Crippen MR) is 78.9 cm³/mol. The molecule has 0 unspecified atom stereocenters. The monoisotopic (exact) mass is 338 g/mol. The van der Waals surface area contributed by atoms with E-state index in [1.54, 1.807) is 4.57 Å². The van der Waals surface area contributed by atoms with Gasteiger partial charge in [-0.3, -0.25) is 4.79 Å². The number of ether oxygens (including phenoxy) is 1. The van der Waals surface area contributed by atoms with Crippen LogP contribution in [0.25, 0.3) is 11.4 Å². The van der Waals surface area contributed by atoms with E-state index in [4.69, 9.17) is 9.84 Å². The summed E-state index contributed by atoms with van der Waals surface area (Å²) in [4.78, 5) is 15.2. The van der Waals surface area contributed by atoms with Crippen molar-refractivity contribution < 1.29 is 14.6 Å². The highest BCUT2D eigenvalue weighted by Gasteiger charge is 2.16. The average molecular weight is 339 g/mol. The zero-order chi connectivity index (χ0) is 14.7. The Bertz CT molecular complexity index is 620. The minimum atomic E-state index is -0.882. The molecule has 0 amide bonds. The van der Waals surface area contributed by atoms with Gasteiger partial charge in [0.2, 0.25) is 0 Å². The number of rotatable bonds is 5. The number of hydrogen-bond donors (Lipinski definition) is 1. The van der Waals surface area contributed by atoms with Crippen LogP contribution in [-0.2, 0) is 18.3 Å². The maximum Gasteiger partial charge on any atom is 0.309 e. The van der Waals surface area contributed by atoms with Gasteiger partial charge in [-0.1, -0.05) is 0 Å². The van der Waals surface area contributed by atoms with Crippen molar-refractivity contribution in [1.29, 1.82) is 0 Å². The number of halogens is 1. The van der Waals surface area contributed by atoms with E-state index >= 15 is 0 Å². The molecule has 1 aromatic heterocycles. The highest BCUT2D eigenvalue weighted by Crippen LogP contribution is 2.26. The lowest BCUT2D eigenvalue weighted by Crippen LogP contribution is -2.06. The molecule has 20 heavy (non-hydrogen) atoms. The van der Waals surface area contributed by atoms with Gasteiger partial charge in [0.05, 0.1) is 18.7 Å². The molecule has 0 aliphatic heterocycles. The van der Waals surface area contributed by atoms with Crippen LogP contribution in [0, 0.1) is 0 Å². The summed E-state index contributed by atoms with van der Waals surface area (Å²) in [7, 11) is 1.81. The molecular weight excluding hydrogens is 324 g/mol. The van der Waals surface area contributed by atoms with Crippen LogP contribution in [0.4, 0.5) is 0 Å². The molecule has 2 aromatic rings. The Morgan fingerprint density at radius 3 is 2.60 bits per heavy atom. The normalized spacial score (nSPS) is 10.6. The lowest BCUT2D eigenvalue weighted by atomic mass is 10.2. The Morgan fingerprint density at radius 2 is 2.05 bits per heavy atom. The summed E-state index contributed by atoms with van der Waals surface area (Å²) >= 11 is 3.31. The van der Waals surface area contributed by atoms with Gasteiger partial charge >= 0.3 is 5.97 Å².